The zero-order chi connectivity index (χ0) is 18.8. The lowest BCUT2D eigenvalue weighted by atomic mass is 10.0. The van der Waals surface area contributed by atoms with Crippen LogP contribution < -0.4 is 4.74 Å². The van der Waals surface area contributed by atoms with Gasteiger partial charge >= 0.3 is 0 Å². The van der Waals surface area contributed by atoms with E-state index in [-0.39, 0.29) is 11.6 Å². The van der Waals surface area contributed by atoms with E-state index < -0.39 is 0 Å². The minimum Gasteiger partial charge on any atom is -0.493 e. The molecule has 6 heteroatoms. The molecule has 3 rings (SSSR count). The van der Waals surface area contributed by atoms with Gasteiger partial charge in [-0.2, -0.15) is 0 Å². The second-order valence-corrected chi connectivity index (χ2v) is 7.06. The Kier molecular flexibility index (Phi) is 5.18. The number of hydrogen-bond donors (Lipinski definition) is 1. The summed E-state index contributed by atoms with van der Waals surface area (Å²) in [6, 6.07) is 11.3. The minimum absolute atomic E-state index is 0.000856. The molecule has 0 aliphatic carbocycles. The van der Waals surface area contributed by atoms with E-state index >= 15 is 0 Å². The van der Waals surface area contributed by atoms with E-state index in [1.807, 2.05) is 13.0 Å². The lowest BCUT2D eigenvalue weighted by Crippen LogP contribution is -2.09. The maximum Gasteiger partial charge on any atom is 0.222 e. The number of rotatable bonds is 6. The summed E-state index contributed by atoms with van der Waals surface area (Å²) in [7, 11) is 0. The maximum absolute atomic E-state index is 11.1. The van der Waals surface area contributed by atoms with Gasteiger partial charge in [-0.1, -0.05) is 37.6 Å². The van der Waals surface area contributed by atoms with Gasteiger partial charge in [-0.3, -0.25) is 0 Å². The van der Waals surface area contributed by atoms with Crippen molar-refractivity contribution in [1.82, 2.24) is 4.57 Å². The largest absolute Gasteiger partial charge is 0.493 e. The summed E-state index contributed by atoms with van der Waals surface area (Å²) in [5, 5.41) is 14.3. The van der Waals surface area contributed by atoms with Crippen molar-refractivity contribution in [2.45, 2.75) is 33.2 Å². The highest BCUT2D eigenvalue weighted by Crippen LogP contribution is 2.39. The van der Waals surface area contributed by atoms with Gasteiger partial charge in [0.2, 0.25) is 5.88 Å². The first kappa shape index (κ1) is 18.3. The van der Waals surface area contributed by atoms with Crippen molar-refractivity contribution in [2.75, 3.05) is 6.61 Å². The first-order chi connectivity index (χ1) is 12.4. The molecule has 0 aliphatic heterocycles. The molecule has 0 fully saturated rings. The van der Waals surface area contributed by atoms with E-state index in [4.69, 9.17) is 16.3 Å². The molecule has 26 heavy (non-hydrogen) atoms. The van der Waals surface area contributed by atoms with Crippen LogP contribution >= 0.6 is 11.6 Å². The van der Waals surface area contributed by atoms with Crippen LogP contribution in [-0.4, -0.2) is 16.3 Å². The van der Waals surface area contributed by atoms with E-state index in [0.717, 1.165) is 16.9 Å². The van der Waals surface area contributed by atoms with Crippen LogP contribution in [0.5, 0.6) is 11.6 Å². The van der Waals surface area contributed by atoms with Crippen molar-refractivity contribution in [1.29, 1.82) is 0 Å². The molecule has 5 nitrogen and oxygen atoms in total. The van der Waals surface area contributed by atoms with Crippen molar-refractivity contribution in [3.8, 4) is 11.6 Å². The molecule has 3 aromatic rings. The number of benzene rings is 2. The molecular formula is C20H21ClN2O3. The minimum atomic E-state index is -0.172. The molecule has 0 amide bonds. The van der Waals surface area contributed by atoms with E-state index in [1.54, 1.807) is 22.8 Å². The summed E-state index contributed by atoms with van der Waals surface area (Å²) in [4.78, 5) is 11.1. The van der Waals surface area contributed by atoms with Crippen molar-refractivity contribution in [2.24, 2.45) is 5.18 Å². The fraction of sp³-hybridized carbons (Fsp3) is 0.300. The van der Waals surface area contributed by atoms with Crippen LogP contribution in [0.2, 0.25) is 5.02 Å². The zero-order valence-corrected chi connectivity index (χ0v) is 15.7. The Balaban J connectivity index is 1.86. The summed E-state index contributed by atoms with van der Waals surface area (Å²) >= 11 is 6.00. The second-order valence-electron chi connectivity index (χ2n) is 6.62. The number of ether oxygens (including phenoxy) is 1. The number of aromatic hydroxyl groups is 1. The van der Waals surface area contributed by atoms with E-state index in [2.05, 4.69) is 31.2 Å². The fourth-order valence-electron chi connectivity index (χ4n) is 3.10. The topological polar surface area (TPSA) is 63.8 Å². The van der Waals surface area contributed by atoms with Crippen LogP contribution in [0.3, 0.4) is 0 Å². The molecule has 1 aromatic heterocycles. The van der Waals surface area contributed by atoms with E-state index in [9.17, 15) is 10.0 Å². The van der Waals surface area contributed by atoms with Gasteiger partial charge in [0.1, 0.15) is 12.4 Å². The first-order valence-corrected chi connectivity index (χ1v) is 8.87. The average molecular weight is 373 g/mol. The quantitative estimate of drug-likeness (QED) is 0.547. The molecule has 0 unspecified atom stereocenters. The Labute approximate surface area is 157 Å². The SMILES string of the molecule is Cc1ccc(C(C)C)c(OCCn2c(O)c(N=O)c3cc(Cl)ccc32)c1. The maximum atomic E-state index is 11.1. The zero-order valence-electron chi connectivity index (χ0n) is 15.0. The number of aromatic nitrogens is 1. The van der Waals surface area contributed by atoms with Gasteiger partial charge in [-0.25, -0.2) is 0 Å². The van der Waals surface area contributed by atoms with E-state index in [0.29, 0.717) is 35.0 Å². The number of nitroso groups, excluding NO2 is 1. The smallest absolute Gasteiger partial charge is 0.222 e. The van der Waals surface area contributed by atoms with Gasteiger partial charge in [0.05, 0.1) is 12.1 Å². The predicted octanol–water partition coefficient (Wildman–Crippen LogP) is 5.91. The third-order valence-corrected chi connectivity index (χ3v) is 4.66. The van der Waals surface area contributed by atoms with E-state index in [1.165, 1.54) is 0 Å². The number of halogens is 1. The Morgan fingerprint density at radius 3 is 2.69 bits per heavy atom. The normalized spacial score (nSPS) is 11.3. The third-order valence-electron chi connectivity index (χ3n) is 4.43. The fourth-order valence-corrected chi connectivity index (χ4v) is 3.27. The predicted molar refractivity (Wildman–Crippen MR) is 105 cm³/mol. The Hall–Kier alpha value is -2.53. The molecule has 0 atom stereocenters. The van der Waals surface area contributed by atoms with Gasteiger partial charge in [-0.05, 0) is 53.4 Å². The molecule has 0 saturated heterocycles. The lowest BCUT2D eigenvalue weighted by molar-refractivity contribution is 0.287. The molecule has 2 aromatic carbocycles. The summed E-state index contributed by atoms with van der Waals surface area (Å²) in [6.45, 7) is 6.99. The van der Waals surface area contributed by atoms with Gasteiger partial charge < -0.3 is 14.4 Å². The first-order valence-electron chi connectivity index (χ1n) is 8.49. The molecule has 1 N–H and O–H groups in total. The molecule has 0 radical (unpaired) electrons. The molecule has 0 aliphatic rings. The molecule has 136 valence electrons. The summed E-state index contributed by atoms with van der Waals surface area (Å²) in [5.41, 5.74) is 2.96. The van der Waals surface area contributed by atoms with Crippen LogP contribution in [0, 0.1) is 11.8 Å². The highest BCUT2D eigenvalue weighted by Gasteiger charge is 2.18. The van der Waals surface area contributed by atoms with Crippen molar-refractivity contribution < 1.29 is 9.84 Å². The Bertz CT molecular complexity index is 963. The number of nitrogens with zero attached hydrogens (tertiary/aromatic N) is 2. The van der Waals surface area contributed by atoms with Gasteiger partial charge in [-0.15, -0.1) is 4.91 Å². The monoisotopic (exact) mass is 372 g/mol. The molecule has 0 spiro atoms. The molecular weight excluding hydrogens is 352 g/mol. The average Bonchev–Trinajstić information content (AvgIpc) is 2.85. The summed E-state index contributed by atoms with van der Waals surface area (Å²) in [6.07, 6.45) is 0. The van der Waals surface area contributed by atoms with Crippen LogP contribution in [0.1, 0.15) is 30.9 Å². The Morgan fingerprint density at radius 2 is 2.00 bits per heavy atom. The number of aryl methyl sites for hydroxylation is 1. The summed E-state index contributed by atoms with van der Waals surface area (Å²) in [5.74, 6) is 1.02. The molecule has 1 heterocycles. The van der Waals surface area contributed by atoms with Crippen molar-refractivity contribution in [3.63, 3.8) is 0 Å². The second kappa shape index (κ2) is 7.38. The lowest BCUT2D eigenvalue weighted by Gasteiger charge is -2.15. The summed E-state index contributed by atoms with van der Waals surface area (Å²) < 4.78 is 7.61. The standard InChI is InChI=1S/C20H21ClN2O3/c1-12(2)15-6-4-13(3)10-18(15)26-9-8-23-17-7-5-14(21)11-16(17)19(22-25)20(23)24/h4-7,10-12,24H,8-9H2,1-3H3. The van der Waals surface area contributed by atoms with Crippen molar-refractivity contribution >= 4 is 28.2 Å². The van der Waals surface area contributed by atoms with Crippen molar-refractivity contribution in [3.05, 3.63) is 57.5 Å². The van der Waals surface area contributed by atoms with Crippen LogP contribution in [0.15, 0.2) is 41.6 Å². The van der Waals surface area contributed by atoms with Crippen LogP contribution in [0.4, 0.5) is 5.69 Å². The highest BCUT2D eigenvalue weighted by molar-refractivity contribution is 6.31. The number of fused-ring (bicyclic) bond motifs is 1. The molecule has 0 bridgehead atoms. The Morgan fingerprint density at radius 1 is 1.23 bits per heavy atom. The van der Waals surface area contributed by atoms with Gasteiger partial charge in [0, 0.05) is 10.4 Å². The third kappa shape index (κ3) is 3.40. The van der Waals surface area contributed by atoms with Crippen LogP contribution in [0.25, 0.3) is 10.9 Å². The highest BCUT2D eigenvalue weighted by atomic mass is 35.5. The number of hydrogen-bond acceptors (Lipinski definition) is 4. The van der Waals surface area contributed by atoms with Gasteiger partial charge in [0.25, 0.3) is 0 Å². The van der Waals surface area contributed by atoms with Crippen LogP contribution in [-0.2, 0) is 6.54 Å². The van der Waals surface area contributed by atoms with Gasteiger partial charge in [0.15, 0.2) is 5.69 Å². The molecule has 0 saturated carbocycles.